The van der Waals surface area contributed by atoms with Crippen molar-refractivity contribution >= 4 is 51.9 Å². The molecule has 1 aliphatic heterocycles. The van der Waals surface area contributed by atoms with E-state index in [1.165, 1.54) is 36.0 Å². The Kier molecular flexibility index (Phi) is 7.59. The van der Waals surface area contributed by atoms with Crippen molar-refractivity contribution in [3.63, 3.8) is 0 Å². The SMILES string of the molecule is O=C(CCCCCN1C(=O)/C(=C/c2cccc(O)c2)SC1=S)Nc1ccc(F)cc1. The summed E-state index contributed by atoms with van der Waals surface area (Å²) in [5, 5.41) is 12.3. The molecule has 0 radical (unpaired) electrons. The molecule has 1 heterocycles. The monoisotopic (exact) mass is 444 g/mol. The molecule has 0 bridgehead atoms. The quantitative estimate of drug-likeness (QED) is 0.343. The molecular weight excluding hydrogens is 423 g/mol. The average molecular weight is 445 g/mol. The lowest BCUT2D eigenvalue weighted by atomic mass is 10.1. The number of anilines is 1. The largest absolute Gasteiger partial charge is 0.508 e. The Hall–Kier alpha value is -2.71. The molecule has 0 saturated carbocycles. The number of thioether (sulfide) groups is 1. The second kappa shape index (κ2) is 10.4. The molecule has 0 spiro atoms. The molecule has 1 aliphatic rings. The fraction of sp³-hybridized carbons (Fsp3) is 0.227. The number of unbranched alkanes of at least 4 members (excludes halogenated alkanes) is 2. The van der Waals surface area contributed by atoms with Crippen molar-refractivity contribution in [3.8, 4) is 5.75 Å². The lowest BCUT2D eigenvalue weighted by Crippen LogP contribution is -2.29. The molecule has 2 amide bonds. The van der Waals surface area contributed by atoms with Gasteiger partial charge in [-0.3, -0.25) is 14.5 Å². The number of thiocarbonyl (C=S) groups is 1. The summed E-state index contributed by atoms with van der Waals surface area (Å²) in [6, 6.07) is 12.3. The highest BCUT2D eigenvalue weighted by Crippen LogP contribution is 2.33. The van der Waals surface area contributed by atoms with Crippen molar-refractivity contribution in [3.05, 3.63) is 64.8 Å². The van der Waals surface area contributed by atoms with E-state index in [1.807, 2.05) is 6.07 Å². The number of benzene rings is 2. The molecular formula is C22H21FN2O3S2. The van der Waals surface area contributed by atoms with Gasteiger partial charge in [0.2, 0.25) is 5.91 Å². The zero-order chi connectivity index (χ0) is 21.5. The smallest absolute Gasteiger partial charge is 0.266 e. The van der Waals surface area contributed by atoms with Crippen LogP contribution in [0.5, 0.6) is 5.75 Å². The van der Waals surface area contributed by atoms with Gasteiger partial charge in [0.05, 0.1) is 4.91 Å². The van der Waals surface area contributed by atoms with Gasteiger partial charge < -0.3 is 10.4 Å². The van der Waals surface area contributed by atoms with Crippen LogP contribution < -0.4 is 5.32 Å². The van der Waals surface area contributed by atoms with Gasteiger partial charge in [-0.15, -0.1) is 0 Å². The third-order valence-corrected chi connectivity index (χ3v) is 5.83. The summed E-state index contributed by atoms with van der Waals surface area (Å²) in [5.41, 5.74) is 1.31. The van der Waals surface area contributed by atoms with Gasteiger partial charge in [-0.1, -0.05) is 42.5 Å². The molecule has 2 N–H and O–H groups in total. The zero-order valence-corrected chi connectivity index (χ0v) is 17.8. The summed E-state index contributed by atoms with van der Waals surface area (Å²) in [6.45, 7) is 0.502. The minimum atomic E-state index is -0.347. The number of hydrogen-bond acceptors (Lipinski definition) is 5. The van der Waals surface area contributed by atoms with E-state index < -0.39 is 0 Å². The third kappa shape index (κ3) is 6.14. The molecule has 8 heteroatoms. The first-order chi connectivity index (χ1) is 14.4. The number of nitrogens with one attached hydrogen (secondary N) is 1. The molecule has 0 atom stereocenters. The van der Waals surface area contributed by atoms with Gasteiger partial charge in [-0.25, -0.2) is 4.39 Å². The number of nitrogens with zero attached hydrogens (tertiary/aromatic N) is 1. The second-order valence-electron chi connectivity index (χ2n) is 6.79. The van der Waals surface area contributed by atoms with Crippen molar-refractivity contribution in [1.29, 1.82) is 0 Å². The molecule has 1 saturated heterocycles. The lowest BCUT2D eigenvalue weighted by Gasteiger charge is -2.14. The maximum absolute atomic E-state index is 12.9. The Labute approximate surface area is 184 Å². The minimum absolute atomic E-state index is 0.124. The fourth-order valence-corrected chi connectivity index (χ4v) is 4.26. The van der Waals surface area contributed by atoms with Crippen molar-refractivity contribution in [1.82, 2.24) is 4.90 Å². The molecule has 30 heavy (non-hydrogen) atoms. The van der Waals surface area contributed by atoms with Gasteiger partial charge in [0, 0.05) is 18.7 Å². The Morgan fingerprint density at radius 1 is 1.17 bits per heavy atom. The van der Waals surface area contributed by atoms with Crippen LogP contribution in [-0.2, 0) is 9.59 Å². The van der Waals surface area contributed by atoms with Gasteiger partial charge in [0.15, 0.2) is 0 Å². The fourth-order valence-electron chi connectivity index (χ4n) is 2.95. The van der Waals surface area contributed by atoms with Crippen LogP contribution >= 0.6 is 24.0 Å². The number of carbonyl (C=O) groups excluding carboxylic acids is 2. The lowest BCUT2D eigenvalue weighted by molar-refractivity contribution is -0.122. The van der Waals surface area contributed by atoms with Crippen LogP contribution in [0.4, 0.5) is 10.1 Å². The van der Waals surface area contributed by atoms with Crippen LogP contribution in [0, 0.1) is 5.82 Å². The molecule has 2 aromatic carbocycles. The normalized spacial score (nSPS) is 15.1. The molecule has 0 aromatic heterocycles. The third-order valence-electron chi connectivity index (χ3n) is 4.46. The number of halogens is 1. The van der Waals surface area contributed by atoms with Gasteiger partial charge in [-0.05, 0) is 60.9 Å². The van der Waals surface area contributed by atoms with Crippen LogP contribution in [0.25, 0.3) is 6.08 Å². The summed E-state index contributed by atoms with van der Waals surface area (Å²) in [6.07, 6.45) is 4.27. The Morgan fingerprint density at radius 3 is 2.67 bits per heavy atom. The summed E-state index contributed by atoms with van der Waals surface area (Å²) in [5.74, 6) is -0.466. The molecule has 0 unspecified atom stereocenters. The first kappa shape index (κ1) is 22.0. The summed E-state index contributed by atoms with van der Waals surface area (Å²) >= 11 is 6.58. The van der Waals surface area contributed by atoms with Crippen LogP contribution in [0.1, 0.15) is 31.2 Å². The summed E-state index contributed by atoms with van der Waals surface area (Å²) in [7, 11) is 0. The number of hydrogen-bond donors (Lipinski definition) is 2. The molecule has 156 valence electrons. The van der Waals surface area contributed by atoms with E-state index in [1.54, 1.807) is 29.2 Å². The van der Waals surface area contributed by atoms with Crippen molar-refractivity contribution < 1.29 is 19.1 Å². The van der Waals surface area contributed by atoms with Gasteiger partial charge in [0.25, 0.3) is 5.91 Å². The Balaban J connectivity index is 1.41. The molecule has 5 nitrogen and oxygen atoms in total. The first-order valence-corrected chi connectivity index (χ1v) is 10.7. The number of aromatic hydroxyl groups is 1. The highest BCUT2D eigenvalue weighted by Gasteiger charge is 2.31. The van der Waals surface area contributed by atoms with Gasteiger partial charge in [0.1, 0.15) is 15.9 Å². The van der Waals surface area contributed by atoms with E-state index >= 15 is 0 Å². The number of rotatable bonds is 8. The summed E-state index contributed by atoms with van der Waals surface area (Å²) < 4.78 is 13.4. The van der Waals surface area contributed by atoms with Gasteiger partial charge >= 0.3 is 0 Å². The predicted octanol–water partition coefficient (Wildman–Crippen LogP) is 4.93. The molecule has 1 fully saturated rings. The van der Waals surface area contributed by atoms with E-state index in [0.717, 1.165) is 18.4 Å². The average Bonchev–Trinajstić information content (AvgIpc) is 2.96. The molecule has 2 aromatic rings. The Bertz CT molecular complexity index is 977. The van der Waals surface area contributed by atoms with Crippen LogP contribution in [0.3, 0.4) is 0 Å². The van der Waals surface area contributed by atoms with Crippen molar-refractivity contribution in [2.24, 2.45) is 0 Å². The zero-order valence-electron chi connectivity index (χ0n) is 16.1. The minimum Gasteiger partial charge on any atom is -0.508 e. The number of carbonyl (C=O) groups is 2. The van der Waals surface area contributed by atoms with E-state index in [4.69, 9.17) is 12.2 Å². The van der Waals surface area contributed by atoms with Crippen LogP contribution in [0.2, 0.25) is 0 Å². The predicted molar refractivity (Wildman–Crippen MR) is 121 cm³/mol. The number of phenolic OH excluding ortho intramolecular Hbond substituents is 1. The van der Waals surface area contributed by atoms with Gasteiger partial charge in [-0.2, -0.15) is 0 Å². The van der Waals surface area contributed by atoms with E-state index in [-0.39, 0.29) is 23.4 Å². The number of phenols is 1. The highest BCUT2D eigenvalue weighted by molar-refractivity contribution is 8.26. The van der Waals surface area contributed by atoms with E-state index in [2.05, 4.69) is 5.32 Å². The van der Waals surface area contributed by atoms with Crippen LogP contribution in [0.15, 0.2) is 53.4 Å². The van der Waals surface area contributed by atoms with E-state index in [9.17, 15) is 19.1 Å². The molecule has 3 rings (SSSR count). The van der Waals surface area contributed by atoms with Crippen molar-refractivity contribution in [2.45, 2.75) is 25.7 Å². The topological polar surface area (TPSA) is 69.6 Å². The first-order valence-electron chi connectivity index (χ1n) is 9.52. The molecule has 0 aliphatic carbocycles. The van der Waals surface area contributed by atoms with Crippen molar-refractivity contribution in [2.75, 3.05) is 11.9 Å². The number of amides is 2. The second-order valence-corrected chi connectivity index (χ2v) is 8.47. The summed E-state index contributed by atoms with van der Waals surface area (Å²) in [4.78, 5) is 26.7. The highest BCUT2D eigenvalue weighted by atomic mass is 32.2. The maximum Gasteiger partial charge on any atom is 0.266 e. The van der Waals surface area contributed by atoms with E-state index in [0.29, 0.717) is 34.3 Å². The van der Waals surface area contributed by atoms with Crippen LogP contribution in [-0.4, -0.2) is 32.7 Å². The standard InChI is InChI=1S/C22H21FN2O3S2/c23-16-8-10-17(11-9-16)24-20(27)7-2-1-3-12-25-21(28)19(30-22(25)29)14-15-5-4-6-18(26)13-15/h4-6,8-11,13-14,26H,1-3,7,12H2,(H,24,27)/b19-14-. The maximum atomic E-state index is 12.9. The Morgan fingerprint density at radius 2 is 1.93 bits per heavy atom.